The van der Waals surface area contributed by atoms with Crippen LogP contribution in [0.2, 0.25) is 0 Å². The molecule has 0 radical (unpaired) electrons. The Labute approximate surface area is 187 Å². The third-order valence-corrected chi connectivity index (χ3v) is 5.77. The van der Waals surface area contributed by atoms with E-state index >= 15 is 0 Å². The molecule has 3 rings (SSSR count). The first-order valence-electron chi connectivity index (χ1n) is 9.35. The van der Waals surface area contributed by atoms with E-state index < -0.39 is 34.1 Å². The highest BCUT2D eigenvalue weighted by atomic mass is 32.2. The Morgan fingerprint density at radius 1 is 1.19 bits per heavy atom. The van der Waals surface area contributed by atoms with Gasteiger partial charge in [-0.05, 0) is 42.7 Å². The predicted molar refractivity (Wildman–Crippen MR) is 115 cm³/mol. The second kappa shape index (κ2) is 10.0. The fourth-order valence-electron chi connectivity index (χ4n) is 2.76. The third-order valence-electron chi connectivity index (χ3n) is 4.26. The van der Waals surface area contributed by atoms with E-state index in [1.165, 1.54) is 23.5 Å². The van der Waals surface area contributed by atoms with E-state index in [4.69, 9.17) is 9.29 Å². The number of aromatic nitrogens is 1. The van der Waals surface area contributed by atoms with Gasteiger partial charge < -0.3 is 10.1 Å². The molecule has 32 heavy (non-hydrogen) atoms. The first kappa shape index (κ1) is 23.6. The summed E-state index contributed by atoms with van der Waals surface area (Å²) in [5.74, 6) is -2.36. The summed E-state index contributed by atoms with van der Waals surface area (Å²) in [7, 11) is -4.39. The van der Waals surface area contributed by atoms with E-state index in [1.54, 1.807) is 12.1 Å². The summed E-state index contributed by atoms with van der Waals surface area (Å²) in [6.45, 7) is 1.94. The Kier molecular flexibility index (Phi) is 7.38. The zero-order valence-electron chi connectivity index (χ0n) is 16.7. The Morgan fingerprint density at radius 3 is 2.50 bits per heavy atom. The number of rotatable bonds is 8. The van der Waals surface area contributed by atoms with Crippen LogP contribution in [-0.4, -0.2) is 24.0 Å². The van der Waals surface area contributed by atoms with Gasteiger partial charge in [0.1, 0.15) is 10.8 Å². The fourth-order valence-corrected chi connectivity index (χ4v) is 4.14. The predicted octanol–water partition coefficient (Wildman–Crippen LogP) is 4.27. The van der Waals surface area contributed by atoms with E-state index in [2.05, 4.69) is 10.3 Å². The lowest BCUT2D eigenvalue weighted by molar-refractivity contribution is 0.195. The number of thiazole rings is 1. The summed E-state index contributed by atoms with van der Waals surface area (Å²) < 4.78 is 64.2. The first-order valence-corrected chi connectivity index (χ1v) is 11.7. The molecule has 3 N–H and O–H groups in total. The molecular weight excluding hydrogens is 464 g/mol. The van der Waals surface area contributed by atoms with Crippen LogP contribution in [0, 0.1) is 11.6 Å². The van der Waals surface area contributed by atoms with Crippen molar-refractivity contribution in [1.29, 1.82) is 0 Å². The van der Waals surface area contributed by atoms with Crippen LogP contribution in [0.15, 0.2) is 47.8 Å². The molecule has 8 nitrogen and oxygen atoms in total. The highest BCUT2D eigenvalue weighted by molar-refractivity contribution is 7.87. The lowest BCUT2D eigenvalue weighted by atomic mass is 10.1. The monoisotopic (exact) mass is 483 g/mol. The Balaban J connectivity index is 1.76. The van der Waals surface area contributed by atoms with Gasteiger partial charge in [0.25, 0.3) is 0 Å². The van der Waals surface area contributed by atoms with Crippen LogP contribution in [0.3, 0.4) is 0 Å². The van der Waals surface area contributed by atoms with Crippen LogP contribution in [0.1, 0.15) is 29.2 Å². The molecule has 170 valence electrons. The van der Waals surface area contributed by atoms with Crippen molar-refractivity contribution in [3.63, 3.8) is 0 Å². The number of nitrogens with zero attached hydrogens (tertiary/aromatic N) is 1. The molecule has 12 heteroatoms. The molecule has 1 amide bonds. The topological polar surface area (TPSA) is 118 Å². The molecule has 0 aliphatic heterocycles. The van der Waals surface area contributed by atoms with Crippen molar-refractivity contribution < 1.29 is 31.3 Å². The van der Waals surface area contributed by atoms with E-state index in [-0.39, 0.29) is 17.9 Å². The van der Waals surface area contributed by atoms with E-state index in [0.717, 1.165) is 29.5 Å². The molecule has 0 aliphatic rings. The number of hydrogen-bond donors (Lipinski definition) is 3. The van der Waals surface area contributed by atoms with Gasteiger partial charge in [0.05, 0.1) is 17.4 Å². The molecule has 0 saturated carbocycles. The number of amides is 1. The van der Waals surface area contributed by atoms with E-state index in [0.29, 0.717) is 11.4 Å². The van der Waals surface area contributed by atoms with Gasteiger partial charge in [-0.25, -0.2) is 18.6 Å². The molecule has 3 aromatic rings. The maximum Gasteiger partial charge on any atom is 0.413 e. The number of nitrogens with one attached hydrogen (secondary N) is 2. The Bertz CT molecular complexity index is 1200. The molecule has 1 heterocycles. The van der Waals surface area contributed by atoms with Gasteiger partial charge >= 0.3 is 16.4 Å². The summed E-state index contributed by atoms with van der Waals surface area (Å²) in [5, 5.41) is 5.15. The number of halogens is 2. The molecule has 0 spiro atoms. The van der Waals surface area contributed by atoms with Crippen LogP contribution in [0.5, 0.6) is 5.75 Å². The van der Waals surface area contributed by atoms with Gasteiger partial charge in [0.15, 0.2) is 11.6 Å². The average molecular weight is 484 g/mol. The quantitative estimate of drug-likeness (QED) is 0.412. The van der Waals surface area contributed by atoms with Crippen molar-refractivity contribution in [1.82, 2.24) is 10.3 Å². The van der Waals surface area contributed by atoms with Crippen molar-refractivity contribution in [3.8, 4) is 5.75 Å². The molecule has 1 atom stereocenters. The largest absolute Gasteiger partial charge is 0.413 e. The lowest BCUT2D eigenvalue weighted by Gasteiger charge is -2.17. The van der Waals surface area contributed by atoms with Gasteiger partial charge in [-0.15, -0.1) is 11.3 Å². The van der Waals surface area contributed by atoms with Gasteiger partial charge in [-0.1, -0.05) is 19.1 Å². The molecule has 0 aliphatic carbocycles. The Morgan fingerprint density at radius 2 is 1.91 bits per heavy atom. The summed E-state index contributed by atoms with van der Waals surface area (Å²) >= 11 is 1.35. The molecular formula is C20H19F2N3O5S2. The van der Waals surface area contributed by atoms with Crippen LogP contribution in [0.4, 0.5) is 19.3 Å². The minimum atomic E-state index is -4.39. The van der Waals surface area contributed by atoms with Crippen molar-refractivity contribution in [2.24, 2.45) is 0 Å². The van der Waals surface area contributed by atoms with Gasteiger partial charge in [0.2, 0.25) is 0 Å². The number of benzene rings is 2. The number of carbonyl (C=O) groups is 1. The summed E-state index contributed by atoms with van der Waals surface area (Å²) in [4.78, 5) is 16.9. The van der Waals surface area contributed by atoms with Crippen molar-refractivity contribution >= 4 is 33.4 Å². The van der Waals surface area contributed by atoms with Crippen LogP contribution in [-0.2, 0) is 23.1 Å². The SMILES string of the molecule is CCc1csc([C@H](Cc2ccc(NS(=O)(=O)O)cc2)NC(=O)Oc2ccc(F)c(F)c2)n1. The fraction of sp³-hybridized carbons (Fsp3) is 0.200. The van der Waals surface area contributed by atoms with E-state index in [1.807, 2.05) is 17.0 Å². The molecule has 1 aromatic heterocycles. The zero-order valence-corrected chi connectivity index (χ0v) is 18.3. The minimum absolute atomic E-state index is 0.158. The lowest BCUT2D eigenvalue weighted by Crippen LogP contribution is -2.32. The van der Waals surface area contributed by atoms with Crippen LogP contribution < -0.4 is 14.8 Å². The summed E-state index contributed by atoms with van der Waals surface area (Å²) in [6, 6.07) is 8.31. The summed E-state index contributed by atoms with van der Waals surface area (Å²) in [6.07, 6.45) is 0.118. The first-order chi connectivity index (χ1) is 15.1. The minimum Gasteiger partial charge on any atom is -0.410 e. The highest BCUT2D eigenvalue weighted by Crippen LogP contribution is 2.24. The second-order valence-corrected chi connectivity index (χ2v) is 8.72. The van der Waals surface area contributed by atoms with Crippen molar-refractivity contribution in [2.45, 2.75) is 25.8 Å². The Hall–Kier alpha value is -3.09. The molecule has 0 unspecified atom stereocenters. The van der Waals surface area contributed by atoms with Crippen molar-refractivity contribution in [3.05, 3.63) is 75.7 Å². The summed E-state index contributed by atoms with van der Waals surface area (Å²) in [5.41, 5.74) is 1.75. The molecule has 0 saturated heterocycles. The highest BCUT2D eigenvalue weighted by Gasteiger charge is 2.20. The van der Waals surface area contributed by atoms with E-state index in [9.17, 15) is 22.0 Å². The van der Waals surface area contributed by atoms with Gasteiger partial charge in [-0.2, -0.15) is 8.42 Å². The maximum atomic E-state index is 13.4. The van der Waals surface area contributed by atoms with Crippen LogP contribution in [0.25, 0.3) is 0 Å². The van der Waals surface area contributed by atoms with Crippen LogP contribution >= 0.6 is 11.3 Å². The normalized spacial score (nSPS) is 12.2. The number of anilines is 1. The number of hydrogen-bond acceptors (Lipinski definition) is 6. The zero-order chi connectivity index (χ0) is 23.3. The maximum absolute atomic E-state index is 13.4. The smallest absolute Gasteiger partial charge is 0.410 e. The standard InChI is InChI=1S/C20H19F2N3O5S2/c1-2-13-11-31-19(23-13)18(9-12-3-5-14(6-4-12)25-32(27,28)29)24-20(26)30-15-7-8-16(21)17(22)10-15/h3-8,10-11,18,25H,2,9H2,1H3,(H,24,26)(H,27,28,29)/t18-/m0/s1. The number of carbonyl (C=O) groups excluding carboxylic acids is 1. The number of aryl methyl sites for hydroxylation is 1. The molecule has 2 aromatic carbocycles. The van der Waals surface area contributed by atoms with Crippen molar-refractivity contribution in [2.75, 3.05) is 4.72 Å². The second-order valence-electron chi connectivity index (χ2n) is 6.67. The van der Waals surface area contributed by atoms with Gasteiger partial charge in [0, 0.05) is 11.4 Å². The molecule has 0 fully saturated rings. The molecule has 0 bridgehead atoms. The average Bonchev–Trinajstić information content (AvgIpc) is 3.20. The van der Waals surface area contributed by atoms with Gasteiger partial charge in [-0.3, -0.25) is 9.27 Å². The third kappa shape index (κ3) is 6.70. The number of ether oxygens (including phenoxy) is 1.